The highest BCUT2D eigenvalue weighted by atomic mass is 16.6. The zero-order chi connectivity index (χ0) is 20.1. The van der Waals surface area contributed by atoms with Crippen LogP contribution in [-0.4, -0.2) is 31.3 Å². The SMILES string of the molecule is [2H]C([2H])([2H])C([2H])(NC(=O)OCC(C)(CCC)COC(C)=O)C([2H])([2H])[2H]. The maximum atomic E-state index is 11.9. The number of carbonyl (C=O) groups excluding carboxylic acids is 2. The van der Waals surface area contributed by atoms with Crippen LogP contribution in [0.15, 0.2) is 0 Å². The van der Waals surface area contributed by atoms with Gasteiger partial charge in [0, 0.05) is 26.6 Å². The lowest BCUT2D eigenvalue weighted by atomic mass is 9.87. The van der Waals surface area contributed by atoms with Gasteiger partial charge in [-0.3, -0.25) is 4.79 Å². The fourth-order valence-corrected chi connectivity index (χ4v) is 1.44. The van der Waals surface area contributed by atoms with Crippen molar-refractivity contribution in [1.29, 1.82) is 0 Å². The third kappa shape index (κ3) is 7.92. The van der Waals surface area contributed by atoms with Crippen molar-refractivity contribution >= 4 is 12.1 Å². The Labute approximate surface area is 119 Å². The quantitative estimate of drug-likeness (QED) is 0.719. The molecule has 1 unspecified atom stereocenters. The fourth-order valence-electron chi connectivity index (χ4n) is 1.44. The molecular weight excluding hydrogens is 234 g/mol. The molecule has 0 aliphatic carbocycles. The molecule has 0 aliphatic rings. The van der Waals surface area contributed by atoms with E-state index < -0.39 is 37.2 Å². The van der Waals surface area contributed by atoms with Gasteiger partial charge in [0.25, 0.3) is 0 Å². The Morgan fingerprint density at radius 1 is 1.39 bits per heavy atom. The van der Waals surface area contributed by atoms with Gasteiger partial charge in [-0.2, -0.15) is 0 Å². The number of ether oxygens (including phenoxy) is 2. The van der Waals surface area contributed by atoms with Crippen molar-refractivity contribution in [3.63, 3.8) is 0 Å². The lowest BCUT2D eigenvalue weighted by Crippen LogP contribution is -2.36. The minimum absolute atomic E-state index is 0.0198. The van der Waals surface area contributed by atoms with E-state index in [1.165, 1.54) is 6.92 Å². The van der Waals surface area contributed by atoms with Crippen molar-refractivity contribution < 1.29 is 28.7 Å². The molecule has 0 radical (unpaired) electrons. The lowest BCUT2D eigenvalue weighted by Gasteiger charge is -2.28. The monoisotopic (exact) mass is 266 g/mol. The smallest absolute Gasteiger partial charge is 0.407 e. The zero-order valence-corrected chi connectivity index (χ0v) is 11.0. The second-order valence-corrected chi connectivity index (χ2v) is 4.42. The number of alkyl carbamates (subject to hydrolysis) is 1. The first kappa shape index (κ1) is 8.02. The summed E-state index contributed by atoms with van der Waals surface area (Å²) < 4.78 is 60.9. The van der Waals surface area contributed by atoms with E-state index in [0.717, 1.165) is 0 Å². The van der Waals surface area contributed by atoms with Crippen LogP contribution in [0.4, 0.5) is 4.79 Å². The molecule has 1 N–H and O–H groups in total. The highest BCUT2D eigenvalue weighted by Crippen LogP contribution is 2.24. The van der Waals surface area contributed by atoms with Crippen LogP contribution < -0.4 is 5.32 Å². The van der Waals surface area contributed by atoms with Gasteiger partial charge >= 0.3 is 12.1 Å². The maximum absolute atomic E-state index is 11.9. The van der Waals surface area contributed by atoms with Gasteiger partial charge in [-0.25, -0.2) is 4.79 Å². The van der Waals surface area contributed by atoms with Crippen LogP contribution in [-0.2, 0) is 14.3 Å². The topological polar surface area (TPSA) is 64.6 Å². The largest absolute Gasteiger partial charge is 0.465 e. The maximum Gasteiger partial charge on any atom is 0.407 e. The molecule has 0 saturated carbocycles. The molecular formula is C13H25NO4. The van der Waals surface area contributed by atoms with E-state index in [1.807, 2.05) is 6.92 Å². The zero-order valence-electron chi connectivity index (χ0n) is 18.0. The summed E-state index contributed by atoms with van der Waals surface area (Å²) in [6, 6.07) is -3.20. The molecule has 0 saturated heterocycles. The minimum atomic E-state index is -3.29. The highest BCUT2D eigenvalue weighted by molar-refractivity contribution is 5.67. The van der Waals surface area contributed by atoms with Crippen LogP contribution in [0.2, 0.25) is 0 Å². The molecule has 0 aromatic heterocycles. The normalized spacial score (nSPS) is 21.6. The fraction of sp³-hybridized carbons (Fsp3) is 0.846. The van der Waals surface area contributed by atoms with Crippen molar-refractivity contribution in [1.82, 2.24) is 5.32 Å². The number of rotatable bonds is 7. The summed E-state index contributed by atoms with van der Waals surface area (Å²) in [6.07, 6.45) is -0.0965. The summed E-state index contributed by atoms with van der Waals surface area (Å²) in [5.74, 6) is -0.498. The Morgan fingerprint density at radius 3 is 2.50 bits per heavy atom. The molecule has 0 spiro atoms. The Hall–Kier alpha value is -1.26. The van der Waals surface area contributed by atoms with Crippen molar-refractivity contribution in [2.45, 2.75) is 53.3 Å². The van der Waals surface area contributed by atoms with Gasteiger partial charge in [0.15, 0.2) is 0 Å². The Bertz CT molecular complexity index is 464. The molecule has 0 aromatic carbocycles. The van der Waals surface area contributed by atoms with E-state index in [9.17, 15) is 9.59 Å². The predicted molar refractivity (Wildman–Crippen MR) is 69.3 cm³/mol. The number of hydrogen-bond acceptors (Lipinski definition) is 4. The van der Waals surface area contributed by atoms with E-state index in [1.54, 1.807) is 12.2 Å². The van der Waals surface area contributed by atoms with Crippen LogP contribution >= 0.6 is 0 Å². The van der Waals surface area contributed by atoms with Gasteiger partial charge in [-0.1, -0.05) is 20.3 Å². The van der Waals surface area contributed by atoms with E-state index in [0.29, 0.717) is 12.8 Å². The first-order valence-corrected chi connectivity index (χ1v) is 5.66. The van der Waals surface area contributed by atoms with Crippen molar-refractivity contribution in [2.75, 3.05) is 13.2 Å². The summed E-state index contributed by atoms with van der Waals surface area (Å²) in [4.78, 5) is 22.8. The van der Waals surface area contributed by atoms with Gasteiger partial charge in [0.05, 0.1) is 7.98 Å². The average molecular weight is 266 g/mol. The van der Waals surface area contributed by atoms with Gasteiger partial charge in [-0.15, -0.1) is 0 Å². The molecule has 5 heteroatoms. The van der Waals surface area contributed by atoms with Crippen LogP contribution in [0.25, 0.3) is 0 Å². The lowest BCUT2D eigenvalue weighted by molar-refractivity contribution is -0.145. The average Bonchev–Trinajstić information content (AvgIpc) is 2.41. The van der Waals surface area contributed by atoms with Gasteiger partial charge in [0.1, 0.15) is 6.61 Å². The molecule has 0 heterocycles. The van der Waals surface area contributed by atoms with Crippen LogP contribution in [0.1, 0.15) is 56.9 Å². The number of carbonyl (C=O) groups is 2. The second kappa shape index (κ2) is 7.95. The Balaban J connectivity index is 5.04. The van der Waals surface area contributed by atoms with Gasteiger partial charge in [0.2, 0.25) is 0 Å². The Kier molecular flexibility index (Phi) is 3.54. The van der Waals surface area contributed by atoms with Crippen LogP contribution in [0.3, 0.4) is 0 Å². The summed E-state index contributed by atoms with van der Waals surface area (Å²) in [6.45, 7) is -2.02. The standard InChI is InChI=1S/C13H25NO4/c1-6-7-13(5,8-17-11(4)15)9-18-12(16)14-10(2)3/h10H,6-9H2,1-5H3,(H,14,16)/i2D3,3D3,10D. The second-order valence-electron chi connectivity index (χ2n) is 4.42. The minimum Gasteiger partial charge on any atom is -0.465 e. The molecule has 0 bridgehead atoms. The summed E-state index contributed by atoms with van der Waals surface area (Å²) in [7, 11) is 0. The van der Waals surface area contributed by atoms with Gasteiger partial charge in [-0.05, 0) is 20.1 Å². The third-order valence-electron chi connectivity index (χ3n) is 2.26. The first-order chi connectivity index (χ1) is 11.1. The molecule has 0 fully saturated rings. The van der Waals surface area contributed by atoms with E-state index in [2.05, 4.69) is 0 Å². The van der Waals surface area contributed by atoms with Crippen molar-refractivity contribution in [3.8, 4) is 0 Å². The van der Waals surface area contributed by atoms with E-state index in [4.69, 9.17) is 19.1 Å². The highest BCUT2D eigenvalue weighted by Gasteiger charge is 2.27. The first-order valence-electron chi connectivity index (χ1n) is 9.16. The number of hydrogen-bond donors (Lipinski definition) is 1. The number of amides is 1. The molecule has 106 valence electrons. The number of esters is 1. The van der Waals surface area contributed by atoms with Crippen molar-refractivity contribution in [2.24, 2.45) is 5.41 Å². The van der Waals surface area contributed by atoms with Gasteiger partial charge < -0.3 is 14.8 Å². The molecule has 1 amide bonds. The van der Waals surface area contributed by atoms with Crippen LogP contribution in [0.5, 0.6) is 0 Å². The molecule has 18 heavy (non-hydrogen) atoms. The molecule has 0 aromatic rings. The molecule has 5 nitrogen and oxygen atoms in total. The Morgan fingerprint density at radius 2 is 2.00 bits per heavy atom. The van der Waals surface area contributed by atoms with Crippen molar-refractivity contribution in [3.05, 3.63) is 0 Å². The molecule has 0 rings (SSSR count). The van der Waals surface area contributed by atoms with Crippen LogP contribution in [0, 0.1) is 5.41 Å². The third-order valence-corrected chi connectivity index (χ3v) is 2.26. The number of nitrogens with one attached hydrogen (secondary N) is 1. The van der Waals surface area contributed by atoms with E-state index >= 15 is 0 Å². The summed E-state index contributed by atoms with van der Waals surface area (Å²) in [5, 5.41) is 1.63. The molecule has 0 aliphatic heterocycles. The predicted octanol–water partition coefficient (Wildman–Crippen LogP) is 2.49. The molecule has 1 atom stereocenters. The summed E-state index contributed by atoms with van der Waals surface area (Å²) >= 11 is 0. The van der Waals surface area contributed by atoms with E-state index in [-0.39, 0.29) is 13.2 Å². The summed E-state index contributed by atoms with van der Waals surface area (Å²) in [5.41, 5.74) is -0.720.